The van der Waals surface area contributed by atoms with E-state index < -0.39 is 6.10 Å². The van der Waals surface area contributed by atoms with E-state index in [1.54, 1.807) is 11.8 Å². The second-order valence-corrected chi connectivity index (χ2v) is 4.87. The maximum Gasteiger partial charge on any atom is 0.128 e. The molecule has 2 aromatic rings. The summed E-state index contributed by atoms with van der Waals surface area (Å²) in [5.41, 5.74) is 4.62. The highest BCUT2D eigenvalue weighted by atomic mass is 16.5. The van der Waals surface area contributed by atoms with E-state index in [2.05, 4.69) is 5.10 Å². The lowest BCUT2D eigenvalue weighted by atomic mass is 9.99. The minimum absolute atomic E-state index is 0.736. The van der Waals surface area contributed by atoms with Crippen LogP contribution in [0.4, 0.5) is 0 Å². The number of nitrogens with zero attached hydrogens (tertiary/aromatic N) is 2. The van der Waals surface area contributed by atoms with E-state index >= 15 is 0 Å². The Hall–Kier alpha value is -1.81. The molecule has 0 amide bonds. The zero-order valence-electron chi connectivity index (χ0n) is 12.1. The van der Waals surface area contributed by atoms with Gasteiger partial charge in [0.1, 0.15) is 11.9 Å². The van der Waals surface area contributed by atoms with Crippen molar-refractivity contribution in [3.05, 3.63) is 46.3 Å². The number of rotatable bonds is 3. The van der Waals surface area contributed by atoms with Crippen LogP contribution in [0.3, 0.4) is 0 Å². The first-order valence-electron chi connectivity index (χ1n) is 6.28. The van der Waals surface area contributed by atoms with Crippen LogP contribution in [0, 0.1) is 20.8 Å². The number of aliphatic hydroxyl groups is 1. The Morgan fingerprint density at radius 1 is 1.26 bits per heavy atom. The topological polar surface area (TPSA) is 47.3 Å². The number of aliphatic hydroxyl groups excluding tert-OH is 1. The van der Waals surface area contributed by atoms with E-state index in [0.717, 1.165) is 33.8 Å². The summed E-state index contributed by atoms with van der Waals surface area (Å²) < 4.78 is 7.16. The molecule has 0 bridgehead atoms. The van der Waals surface area contributed by atoms with Crippen LogP contribution in [0.25, 0.3) is 0 Å². The number of methoxy groups -OCH3 is 1. The molecule has 2 rings (SSSR count). The molecule has 0 aliphatic carbocycles. The van der Waals surface area contributed by atoms with E-state index in [-0.39, 0.29) is 0 Å². The summed E-state index contributed by atoms with van der Waals surface area (Å²) in [7, 11) is 3.46. The van der Waals surface area contributed by atoms with Crippen molar-refractivity contribution >= 4 is 0 Å². The fraction of sp³-hybridized carbons (Fsp3) is 0.400. The largest absolute Gasteiger partial charge is 0.496 e. The summed E-state index contributed by atoms with van der Waals surface area (Å²) in [5, 5.41) is 14.8. The third-order valence-electron chi connectivity index (χ3n) is 3.52. The summed E-state index contributed by atoms with van der Waals surface area (Å²) in [6.45, 7) is 5.94. The van der Waals surface area contributed by atoms with Crippen LogP contribution in [0.2, 0.25) is 0 Å². The lowest BCUT2D eigenvalue weighted by Gasteiger charge is -2.18. The first-order valence-corrected chi connectivity index (χ1v) is 6.28. The summed E-state index contributed by atoms with van der Waals surface area (Å²) >= 11 is 0. The monoisotopic (exact) mass is 260 g/mol. The van der Waals surface area contributed by atoms with Crippen LogP contribution < -0.4 is 4.74 Å². The van der Waals surface area contributed by atoms with Crippen molar-refractivity contribution in [1.29, 1.82) is 0 Å². The van der Waals surface area contributed by atoms with Crippen LogP contribution in [0.15, 0.2) is 18.2 Å². The maximum atomic E-state index is 10.6. The Morgan fingerprint density at radius 3 is 2.47 bits per heavy atom. The lowest BCUT2D eigenvalue weighted by Crippen LogP contribution is -2.09. The molecule has 4 nitrogen and oxygen atoms in total. The predicted molar refractivity (Wildman–Crippen MR) is 74.5 cm³/mol. The summed E-state index contributed by atoms with van der Waals surface area (Å²) in [5.74, 6) is 0.742. The van der Waals surface area contributed by atoms with Gasteiger partial charge < -0.3 is 9.84 Å². The van der Waals surface area contributed by atoms with Crippen molar-refractivity contribution in [2.24, 2.45) is 7.05 Å². The second kappa shape index (κ2) is 5.05. The smallest absolute Gasteiger partial charge is 0.128 e. The number of ether oxygens (including phenoxy) is 1. The molecule has 19 heavy (non-hydrogen) atoms. The number of aromatic nitrogens is 2. The maximum absolute atomic E-state index is 10.6. The van der Waals surface area contributed by atoms with Crippen LogP contribution in [-0.4, -0.2) is 22.0 Å². The third-order valence-corrected chi connectivity index (χ3v) is 3.52. The molecule has 0 fully saturated rings. The van der Waals surface area contributed by atoms with Crippen molar-refractivity contribution in [2.75, 3.05) is 7.11 Å². The summed E-state index contributed by atoms with van der Waals surface area (Å²) in [6, 6.07) is 5.80. The molecule has 0 radical (unpaired) electrons. The molecule has 1 heterocycles. The zero-order chi connectivity index (χ0) is 14.2. The van der Waals surface area contributed by atoms with Crippen LogP contribution >= 0.6 is 0 Å². The number of aryl methyl sites for hydroxylation is 3. The molecule has 4 heteroatoms. The lowest BCUT2D eigenvalue weighted by molar-refractivity contribution is 0.204. The SMILES string of the molecule is COc1c(C(O)c2cc(C)nn2C)ccc(C)c1C. The van der Waals surface area contributed by atoms with Gasteiger partial charge in [-0.25, -0.2) is 0 Å². The molecule has 0 aliphatic heterocycles. The summed E-state index contributed by atoms with van der Waals surface area (Å²) in [6.07, 6.45) is -0.736. The van der Waals surface area contributed by atoms with Gasteiger partial charge in [-0.3, -0.25) is 4.68 Å². The van der Waals surface area contributed by atoms with Gasteiger partial charge in [-0.05, 0) is 38.0 Å². The Labute approximate surface area is 113 Å². The number of hydrogen-bond acceptors (Lipinski definition) is 3. The summed E-state index contributed by atoms with van der Waals surface area (Å²) in [4.78, 5) is 0. The second-order valence-electron chi connectivity index (χ2n) is 4.87. The molecule has 1 aromatic carbocycles. The van der Waals surface area contributed by atoms with Crippen LogP contribution in [0.5, 0.6) is 5.75 Å². The Balaban J connectivity index is 2.53. The van der Waals surface area contributed by atoms with Gasteiger partial charge in [0.25, 0.3) is 0 Å². The number of hydrogen-bond donors (Lipinski definition) is 1. The molecule has 1 aromatic heterocycles. The molecule has 1 N–H and O–H groups in total. The van der Waals surface area contributed by atoms with Gasteiger partial charge in [0.05, 0.1) is 18.5 Å². The molecule has 1 atom stereocenters. The minimum Gasteiger partial charge on any atom is -0.496 e. The third kappa shape index (κ3) is 2.36. The van der Waals surface area contributed by atoms with Crippen LogP contribution in [-0.2, 0) is 7.05 Å². The van der Waals surface area contributed by atoms with E-state index in [1.807, 2.05) is 46.0 Å². The average Bonchev–Trinajstić information content (AvgIpc) is 2.71. The first kappa shape index (κ1) is 13.6. The molecule has 1 unspecified atom stereocenters. The van der Waals surface area contributed by atoms with E-state index in [1.165, 1.54) is 0 Å². The highest BCUT2D eigenvalue weighted by molar-refractivity contribution is 5.48. The van der Waals surface area contributed by atoms with E-state index in [0.29, 0.717) is 0 Å². The molecule has 0 saturated carbocycles. The van der Waals surface area contributed by atoms with Crippen molar-refractivity contribution in [1.82, 2.24) is 9.78 Å². The standard InChI is InChI=1S/C15H20N2O2/c1-9-6-7-12(15(19-5)11(9)3)14(18)13-8-10(2)16-17(13)4/h6-8,14,18H,1-5H3. The van der Waals surface area contributed by atoms with Crippen molar-refractivity contribution < 1.29 is 9.84 Å². The van der Waals surface area contributed by atoms with E-state index in [9.17, 15) is 5.11 Å². The molecule has 0 saturated heterocycles. The number of benzene rings is 1. The molecular weight excluding hydrogens is 240 g/mol. The minimum atomic E-state index is -0.736. The zero-order valence-corrected chi connectivity index (χ0v) is 12.1. The Kier molecular flexibility index (Phi) is 3.62. The highest BCUT2D eigenvalue weighted by Gasteiger charge is 2.20. The van der Waals surface area contributed by atoms with Crippen molar-refractivity contribution in [3.8, 4) is 5.75 Å². The molecular formula is C15H20N2O2. The van der Waals surface area contributed by atoms with Gasteiger partial charge in [0, 0.05) is 12.6 Å². The van der Waals surface area contributed by atoms with Gasteiger partial charge in [-0.1, -0.05) is 12.1 Å². The Morgan fingerprint density at radius 2 is 1.95 bits per heavy atom. The van der Waals surface area contributed by atoms with Crippen LogP contribution in [0.1, 0.15) is 34.2 Å². The first-order chi connectivity index (χ1) is 8.95. The van der Waals surface area contributed by atoms with Gasteiger partial charge in [-0.2, -0.15) is 5.10 Å². The predicted octanol–water partition coefficient (Wildman–Crippen LogP) is 2.44. The molecule has 102 valence electrons. The van der Waals surface area contributed by atoms with Gasteiger partial charge in [0.15, 0.2) is 0 Å². The van der Waals surface area contributed by atoms with Crippen molar-refractivity contribution in [2.45, 2.75) is 26.9 Å². The highest BCUT2D eigenvalue weighted by Crippen LogP contribution is 2.34. The van der Waals surface area contributed by atoms with E-state index in [4.69, 9.17) is 4.74 Å². The average molecular weight is 260 g/mol. The Bertz CT molecular complexity index is 602. The fourth-order valence-corrected chi connectivity index (χ4v) is 2.34. The normalized spacial score (nSPS) is 12.5. The van der Waals surface area contributed by atoms with Crippen molar-refractivity contribution in [3.63, 3.8) is 0 Å². The van der Waals surface area contributed by atoms with Gasteiger partial charge >= 0.3 is 0 Å². The van der Waals surface area contributed by atoms with Gasteiger partial charge in [-0.15, -0.1) is 0 Å². The van der Waals surface area contributed by atoms with Gasteiger partial charge in [0.2, 0.25) is 0 Å². The molecule has 0 aliphatic rings. The quantitative estimate of drug-likeness (QED) is 0.922. The molecule has 0 spiro atoms. The fourth-order valence-electron chi connectivity index (χ4n) is 2.34.